The van der Waals surface area contributed by atoms with E-state index in [1.807, 2.05) is 48.7 Å². The molecule has 0 aliphatic carbocycles. The van der Waals surface area contributed by atoms with Crippen LogP contribution in [0.15, 0.2) is 54.9 Å². The highest BCUT2D eigenvalue weighted by atomic mass is 16.5. The fourth-order valence-electron chi connectivity index (χ4n) is 2.49. The van der Waals surface area contributed by atoms with Gasteiger partial charge in [-0.05, 0) is 35.9 Å². The molecule has 0 aliphatic rings. The third kappa shape index (κ3) is 3.13. The van der Waals surface area contributed by atoms with Crippen molar-refractivity contribution in [1.29, 1.82) is 0 Å². The third-order valence-electron chi connectivity index (χ3n) is 3.69. The summed E-state index contributed by atoms with van der Waals surface area (Å²) in [5.41, 5.74) is 8.64. The number of hydrogen-bond donors (Lipinski definition) is 1. The number of aromatic nitrogens is 2. The van der Waals surface area contributed by atoms with E-state index < -0.39 is 0 Å². The summed E-state index contributed by atoms with van der Waals surface area (Å²) in [5.74, 6) is 2.27. The number of rotatable bonds is 5. The first-order valence-corrected chi connectivity index (χ1v) is 7.29. The van der Waals surface area contributed by atoms with E-state index in [9.17, 15) is 0 Å². The van der Waals surface area contributed by atoms with Crippen LogP contribution in [0.1, 0.15) is 5.56 Å². The molecule has 2 N–H and O–H groups in total. The zero-order chi connectivity index (χ0) is 16.2. The van der Waals surface area contributed by atoms with E-state index in [0.29, 0.717) is 11.5 Å². The van der Waals surface area contributed by atoms with Gasteiger partial charge in [-0.15, -0.1) is 0 Å². The lowest BCUT2D eigenvalue weighted by Gasteiger charge is -2.11. The molecule has 0 saturated carbocycles. The standard InChI is InChI=1S/C18H19N3O2/c1-22-16-8-5-14(11-17(16)23-2)18-20-9-10-21(18)12-13-3-6-15(19)7-4-13/h3-11H,12,19H2,1-2H3. The molecule has 1 heterocycles. The zero-order valence-corrected chi connectivity index (χ0v) is 13.2. The Morgan fingerprint density at radius 1 is 1.00 bits per heavy atom. The van der Waals surface area contributed by atoms with Crippen LogP contribution in [-0.4, -0.2) is 23.8 Å². The number of methoxy groups -OCH3 is 2. The van der Waals surface area contributed by atoms with E-state index in [-0.39, 0.29) is 0 Å². The van der Waals surface area contributed by atoms with E-state index in [1.54, 1.807) is 20.4 Å². The van der Waals surface area contributed by atoms with E-state index in [2.05, 4.69) is 9.55 Å². The minimum atomic E-state index is 0.687. The van der Waals surface area contributed by atoms with E-state index in [1.165, 1.54) is 5.56 Å². The number of ether oxygens (including phenoxy) is 2. The quantitative estimate of drug-likeness (QED) is 0.735. The van der Waals surface area contributed by atoms with Crippen molar-refractivity contribution in [1.82, 2.24) is 9.55 Å². The Kier molecular flexibility index (Phi) is 4.19. The molecule has 2 aromatic carbocycles. The van der Waals surface area contributed by atoms with E-state index in [4.69, 9.17) is 15.2 Å². The number of nitrogen functional groups attached to an aromatic ring is 1. The minimum Gasteiger partial charge on any atom is -0.493 e. The summed E-state index contributed by atoms with van der Waals surface area (Å²) in [5, 5.41) is 0. The SMILES string of the molecule is COc1ccc(-c2nccn2Cc2ccc(N)cc2)cc1OC. The summed E-state index contributed by atoms with van der Waals surface area (Å²) in [7, 11) is 3.25. The van der Waals surface area contributed by atoms with Crippen LogP contribution < -0.4 is 15.2 Å². The number of nitrogens with zero attached hydrogens (tertiary/aromatic N) is 2. The number of nitrogens with two attached hydrogens (primary N) is 1. The van der Waals surface area contributed by atoms with Gasteiger partial charge in [-0.3, -0.25) is 0 Å². The van der Waals surface area contributed by atoms with Crippen LogP contribution in [0.5, 0.6) is 11.5 Å². The summed E-state index contributed by atoms with van der Waals surface area (Å²) in [6.07, 6.45) is 3.76. The van der Waals surface area contributed by atoms with Gasteiger partial charge in [0.15, 0.2) is 11.5 Å². The van der Waals surface area contributed by atoms with Crippen molar-refractivity contribution >= 4 is 5.69 Å². The van der Waals surface area contributed by atoms with Gasteiger partial charge < -0.3 is 19.8 Å². The first-order chi connectivity index (χ1) is 11.2. The molecule has 0 radical (unpaired) electrons. The highest BCUT2D eigenvalue weighted by Crippen LogP contribution is 2.31. The summed E-state index contributed by atoms with van der Waals surface area (Å²) in [4.78, 5) is 4.47. The molecule has 5 nitrogen and oxygen atoms in total. The predicted molar refractivity (Wildman–Crippen MR) is 90.7 cm³/mol. The highest BCUT2D eigenvalue weighted by molar-refractivity contribution is 5.61. The molecule has 0 atom stereocenters. The first kappa shape index (κ1) is 15.0. The monoisotopic (exact) mass is 309 g/mol. The normalized spacial score (nSPS) is 10.5. The average Bonchev–Trinajstić information content (AvgIpc) is 3.04. The second-order valence-electron chi connectivity index (χ2n) is 5.19. The smallest absolute Gasteiger partial charge is 0.161 e. The van der Waals surface area contributed by atoms with Gasteiger partial charge in [-0.25, -0.2) is 4.98 Å². The van der Waals surface area contributed by atoms with Gasteiger partial charge in [-0.1, -0.05) is 12.1 Å². The average molecular weight is 309 g/mol. The molecule has 0 unspecified atom stereocenters. The molecule has 23 heavy (non-hydrogen) atoms. The molecule has 0 saturated heterocycles. The zero-order valence-electron chi connectivity index (χ0n) is 13.2. The maximum atomic E-state index is 5.74. The van der Waals surface area contributed by atoms with Gasteiger partial charge in [0, 0.05) is 30.2 Å². The van der Waals surface area contributed by atoms with Crippen LogP contribution in [0.25, 0.3) is 11.4 Å². The predicted octanol–water partition coefficient (Wildman–Crippen LogP) is 3.20. The number of benzene rings is 2. The molecular weight excluding hydrogens is 290 g/mol. The van der Waals surface area contributed by atoms with Crippen LogP contribution in [0, 0.1) is 0 Å². The van der Waals surface area contributed by atoms with Crippen molar-refractivity contribution < 1.29 is 9.47 Å². The molecule has 0 spiro atoms. The third-order valence-corrected chi connectivity index (χ3v) is 3.69. The topological polar surface area (TPSA) is 62.3 Å². The largest absolute Gasteiger partial charge is 0.493 e. The Labute approximate surface area is 135 Å². The molecule has 0 fully saturated rings. The molecule has 0 aliphatic heterocycles. The first-order valence-electron chi connectivity index (χ1n) is 7.29. The molecule has 1 aromatic heterocycles. The van der Waals surface area contributed by atoms with Crippen molar-refractivity contribution in [2.45, 2.75) is 6.54 Å². The summed E-state index contributed by atoms with van der Waals surface area (Å²) in [6.45, 7) is 0.726. The maximum Gasteiger partial charge on any atom is 0.161 e. The lowest BCUT2D eigenvalue weighted by molar-refractivity contribution is 0.355. The minimum absolute atomic E-state index is 0.687. The molecule has 0 amide bonds. The van der Waals surface area contributed by atoms with Crippen molar-refractivity contribution in [2.24, 2.45) is 0 Å². The summed E-state index contributed by atoms with van der Waals surface area (Å²) in [6, 6.07) is 13.6. The van der Waals surface area contributed by atoms with Crippen LogP contribution in [0.3, 0.4) is 0 Å². The van der Waals surface area contributed by atoms with Crippen LogP contribution in [0.2, 0.25) is 0 Å². The van der Waals surface area contributed by atoms with Crippen LogP contribution in [-0.2, 0) is 6.54 Å². The number of imidazole rings is 1. The van der Waals surface area contributed by atoms with Gasteiger partial charge in [0.1, 0.15) is 5.82 Å². The Hall–Kier alpha value is -2.95. The van der Waals surface area contributed by atoms with Crippen LogP contribution in [0.4, 0.5) is 5.69 Å². The molecule has 3 rings (SSSR count). The van der Waals surface area contributed by atoms with Crippen molar-refractivity contribution in [3.05, 3.63) is 60.4 Å². The molecule has 5 heteroatoms. The Morgan fingerprint density at radius 2 is 1.74 bits per heavy atom. The molecule has 0 bridgehead atoms. The van der Waals surface area contributed by atoms with Crippen LogP contribution >= 0.6 is 0 Å². The van der Waals surface area contributed by atoms with E-state index >= 15 is 0 Å². The number of anilines is 1. The van der Waals surface area contributed by atoms with Gasteiger partial charge in [0.2, 0.25) is 0 Å². The van der Waals surface area contributed by atoms with E-state index in [0.717, 1.165) is 23.6 Å². The molecule has 118 valence electrons. The van der Waals surface area contributed by atoms with Crippen molar-refractivity contribution in [3.63, 3.8) is 0 Å². The van der Waals surface area contributed by atoms with Gasteiger partial charge in [0.05, 0.1) is 14.2 Å². The lowest BCUT2D eigenvalue weighted by Crippen LogP contribution is -2.01. The molecular formula is C18H19N3O2. The highest BCUT2D eigenvalue weighted by Gasteiger charge is 2.10. The van der Waals surface area contributed by atoms with Gasteiger partial charge in [0.25, 0.3) is 0 Å². The maximum absolute atomic E-state index is 5.74. The van der Waals surface area contributed by atoms with Gasteiger partial charge in [-0.2, -0.15) is 0 Å². The summed E-state index contributed by atoms with van der Waals surface area (Å²) < 4.78 is 12.7. The Morgan fingerprint density at radius 3 is 2.43 bits per heavy atom. The fourth-order valence-corrected chi connectivity index (χ4v) is 2.49. The lowest BCUT2D eigenvalue weighted by atomic mass is 10.1. The van der Waals surface area contributed by atoms with Crippen molar-refractivity contribution in [3.8, 4) is 22.9 Å². The fraction of sp³-hybridized carbons (Fsp3) is 0.167. The summed E-state index contributed by atoms with van der Waals surface area (Å²) >= 11 is 0. The van der Waals surface area contributed by atoms with Crippen molar-refractivity contribution in [2.75, 3.05) is 20.0 Å². The number of hydrogen-bond acceptors (Lipinski definition) is 4. The Bertz CT molecular complexity index is 794. The van der Waals surface area contributed by atoms with Gasteiger partial charge >= 0.3 is 0 Å². The Balaban J connectivity index is 1.93. The second-order valence-corrected chi connectivity index (χ2v) is 5.19. The second kappa shape index (κ2) is 6.44. The molecule has 3 aromatic rings.